The summed E-state index contributed by atoms with van der Waals surface area (Å²) < 4.78 is 0. The van der Waals surface area contributed by atoms with Crippen molar-refractivity contribution in [3.63, 3.8) is 0 Å². The average Bonchev–Trinajstić information content (AvgIpc) is 2.89. The standard InChI is InChI=1S/C32H28N2/c1-5-13-27-23(9-1)19-24-10-2-6-14-28(24)31(27)21-33-17-18-34-22-32-29-15-7-3-11-25(29)20-26-12-4-8-16-30(26)32/h1-16,19-20,33-34H,17-18,21-22H2. The Kier molecular flexibility index (Phi) is 5.68. The zero-order valence-corrected chi connectivity index (χ0v) is 19.2. The van der Waals surface area contributed by atoms with Gasteiger partial charge in [0, 0.05) is 26.2 Å². The molecule has 0 saturated heterocycles. The molecule has 166 valence electrons. The Bertz CT molecular complexity index is 1390. The van der Waals surface area contributed by atoms with E-state index in [-0.39, 0.29) is 0 Å². The highest BCUT2D eigenvalue weighted by Crippen LogP contribution is 2.29. The van der Waals surface area contributed by atoms with E-state index in [0.717, 1.165) is 26.2 Å². The van der Waals surface area contributed by atoms with Crippen molar-refractivity contribution in [1.82, 2.24) is 10.6 Å². The number of rotatable bonds is 7. The average molecular weight is 441 g/mol. The molecule has 0 heterocycles. The molecule has 0 aromatic heterocycles. The van der Waals surface area contributed by atoms with Gasteiger partial charge in [-0.1, -0.05) is 97.1 Å². The first kappa shape index (κ1) is 20.9. The van der Waals surface area contributed by atoms with E-state index >= 15 is 0 Å². The van der Waals surface area contributed by atoms with Gasteiger partial charge in [0.1, 0.15) is 0 Å². The lowest BCUT2D eigenvalue weighted by Gasteiger charge is -2.14. The van der Waals surface area contributed by atoms with Gasteiger partial charge in [0.25, 0.3) is 0 Å². The Labute approximate surface area is 200 Å². The Balaban J connectivity index is 1.16. The predicted octanol–water partition coefficient (Wildman–Crippen LogP) is 7.18. The van der Waals surface area contributed by atoms with Gasteiger partial charge >= 0.3 is 0 Å². The SMILES string of the molecule is c1ccc2c(CNCCNCc3c4ccccc4cc4ccccc34)c3ccccc3cc2c1. The molecule has 2 N–H and O–H groups in total. The van der Waals surface area contributed by atoms with Crippen LogP contribution in [0.3, 0.4) is 0 Å². The molecular formula is C32H28N2. The minimum Gasteiger partial charge on any atom is -0.311 e. The predicted molar refractivity (Wildman–Crippen MR) is 146 cm³/mol. The van der Waals surface area contributed by atoms with Gasteiger partial charge < -0.3 is 10.6 Å². The molecule has 6 aromatic carbocycles. The van der Waals surface area contributed by atoms with Gasteiger partial charge in [0.2, 0.25) is 0 Å². The van der Waals surface area contributed by atoms with E-state index in [1.807, 2.05) is 0 Å². The summed E-state index contributed by atoms with van der Waals surface area (Å²) in [5.41, 5.74) is 2.77. The molecule has 0 atom stereocenters. The highest BCUT2D eigenvalue weighted by Gasteiger charge is 2.08. The van der Waals surface area contributed by atoms with Crippen LogP contribution in [0.25, 0.3) is 43.1 Å². The second-order valence-corrected chi connectivity index (χ2v) is 8.95. The normalized spacial score (nSPS) is 11.6. The van der Waals surface area contributed by atoms with E-state index in [2.05, 4.69) is 120 Å². The van der Waals surface area contributed by atoms with Crippen molar-refractivity contribution in [2.75, 3.05) is 13.1 Å². The summed E-state index contributed by atoms with van der Waals surface area (Å²) in [7, 11) is 0. The third-order valence-electron chi connectivity index (χ3n) is 6.85. The largest absolute Gasteiger partial charge is 0.311 e. The van der Waals surface area contributed by atoms with E-state index in [1.165, 1.54) is 54.2 Å². The maximum atomic E-state index is 3.68. The first-order valence-electron chi connectivity index (χ1n) is 12.1. The van der Waals surface area contributed by atoms with Gasteiger partial charge in [-0.25, -0.2) is 0 Å². The molecular weight excluding hydrogens is 412 g/mol. The third-order valence-corrected chi connectivity index (χ3v) is 6.85. The minimum atomic E-state index is 0.862. The van der Waals surface area contributed by atoms with Crippen LogP contribution in [-0.4, -0.2) is 13.1 Å². The van der Waals surface area contributed by atoms with E-state index in [1.54, 1.807) is 0 Å². The van der Waals surface area contributed by atoms with E-state index in [0.29, 0.717) is 0 Å². The maximum Gasteiger partial charge on any atom is 0.0218 e. The van der Waals surface area contributed by atoms with Crippen molar-refractivity contribution in [1.29, 1.82) is 0 Å². The van der Waals surface area contributed by atoms with Gasteiger partial charge in [0.05, 0.1) is 0 Å². The van der Waals surface area contributed by atoms with Gasteiger partial charge in [-0.2, -0.15) is 0 Å². The van der Waals surface area contributed by atoms with E-state index in [4.69, 9.17) is 0 Å². The molecule has 0 aliphatic carbocycles. The Morgan fingerprint density at radius 1 is 0.382 bits per heavy atom. The van der Waals surface area contributed by atoms with Crippen LogP contribution in [0.1, 0.15) is 11.1 Å². The lowest BCUT2D eigenvalue weighted by Crippen LogP contribution is -2.27. The van der Waals surface area contributed by atoms with Crippen LogP contribution in [0.4, 0.5) is 0 Å². The summed E-state index contributed by atoms with van der Waals surface area (Å²) in [5.74, 6) is 0. The van der Waals surface area contributed by atoms with Gasteiger partial charge in [-0.3, -0.25) is 0 Å². The highest BCUT2D eigenvalue weighted by atomic mass is 14.9. The van der Waals surface area contributed by atoms with Crippen molar-refractivity contribution in [3.05, 3.63) is 120 Å². The zero-order chi connectivity index (χ0) is 22.7. The fraction of sp³-hybridized carbons (Fsp3) is 0.125. The van der Waals surface area contributed by atoms with Crippen molar-refractivity contribution >= 4 is 43.1 Å². The number of hydrogen-bond donors (Lipinski definition) is 2. The Hall–Kier alpha value is -3.72. The zero-order valence-electron chi connectivity index (χ0n) is 19.2. The van der Waals surface area contributed by atoms with Crippen LogP contribution in [-0.2, 0) is 13.1 Å². The molecule has 0 fully saturated rings. The smallest absolute Gasteiger partial charge is 0.0218 e. The lowest BCUT2D eigenvalue weighted by atomic mass is 9.96. The molecule has 0 unspecified atom stereocenters. The summed E-state index contributed by atoms with van der Waals surface area (Å²) >= 11 is 0. The lowest BCUT2D eigenvalue weighted by molar-refractivity contribution is 0.615. The van der Waals surface area contributed by atoms with Gasteiger partial charge in [-0.05, 0) is 66.3 Å². The number of hydrogen-bond acceptors (Lipinski definition) is 2. The fourth-order valence-corrected chi connectivity index (χ4v) is 5.20. The van der Waals surface area contributed by atoms with Gasteiger partial charge in [-0.15, -0.1) is 0 Å². The summed E-state index contributed by atoms with van der Waals surface area (Å²) in [6.45, 7) is 3.56. The topological polar surface area (TPSA) is 24.1 Å². The second kappa shape index (κ2) is 9.26. The maximum absolute atomic E-state index is 3.68. The first-order valence-corrected chi connectivity index (χ1v) is 12.1. The summed E-state index contributed by atoms with van der Waals surface area (Å²) in [4.78, 5) is 0. The quantitative estimate of drug-likeness (QED) is 0.203. The van der Waals surface area contributed by atoms with Crippen LogP contribution in [0.15, 0.2) is 109 Å². The van der Waals surface area contributed by atoms with Crippen LogP contribution in [0.2, 0.25) is 0 Å². The highest BCUT2D eigenvalue weighted by molar-refractivity contribution is 6.03. The summed E-state index contributed by atoms with van der Waals surface area (Å²) in [6.07, 6.45) is 0. The Morgan fingerprint density at radius 3 is 1.00 bits per heavy atom. The van der Waals surface area contributed by atoms with Crippen LogP contribution >= 0.6 is 0 Å². The molecule has 0 bridgehead atoms. The number of nitrogens with one attached hydrogen (secondary N) is 2. The molecule has 0 aliphatic heterocycles. The molecule has 0 aliphatic rings. The van der Waals surface area contributed by atoms with Crippen LogP contribution in [0.5, 0.6) is 0 Å². The molecule has 2 nitrogen and oxygen atoms in total. The second-order valence-electron chi connectivity index (χ2n) is 8.95. The monoisotopic (exact) mass is 440 g/mol. The first-order chi connectivity index (χ1) is 16.9. The van der Waals surface area contributed by atoms with Gasteiger partial charge in [0.15, 0.2) is 0 Å². The van der Waals surface area contributed by atoms with Crippen molar-refractivity contribution in [3.8, 4) is 0 Å². The van der Waals surface area contributed by atoms with Crippen molar-refractivity contribution in [2.24, 2.45) is 0 Å². The van der Waals surface area contributed by atoms with Crippen molar-refractivity contribution < 1.29 is 0 Å². The molecule has 2 heteroatoms. The van der Waals surface area contributed by atoms with Crippen LogP contribution < -0.4 is 10.6 Å². The molecule has 0 spiro atoms. The van der Waals surface area contributed by atoms with E-state index in [9.17, 15) is 0 Å². The molecule has 34 heavy (non-hydrogen) atoms. The third kappa shape index (κ3) is 3.92. The van der Waals surface area contributed by atoms with E-state index < -0.39 is 0 Å². The molecule has 0 saturated carbocycles. The molecule has 0 radical (unpaired) electrons. The summed E-state index contributed by atoms with van der Waals surface area (Å²) in [5, 5.41) is 17.9. The molecule has 0 amide bonds. The summed E-state index contributed by atoms with van der Waals surface area (Å²) in [6, 6.07) is 39.4. The molecule has 6 aromatic rings. The van der Waals surface area contributed by atoms with Crippen LogP contribution in [0, 0.1) is 0 Å². The molecule has 6 rings (SSSR count). The Morgan fingerprint density at radius 2 is 0.676 bits per heavy atom. The fourth-order valence-electron chi connectivity index (χ4n) is 5.20. The minimum absolute atomic E-state index is 0.862. The van der Waals surface area contributed by atoms with Crippen molar-refractivity contribution in [2.45, 2.75) is 13.1 Å². The number of fused-ring (bicyclic) bond motifs is 4. The number of benzene rings is 6.